The number of likely N-dealkylation sites (N-methyl/N-ethyl adjacent to an activating group) is 1. The lowest BCUT2D eigenvalue weighted by atomic mass is 9.99. The first-order chi connectivity index (χ1) is 25.0. The van der Waals surface area contributed by atoms with Gasteiger partial charge in [0.1, 0.15) is 12.1 Å². The second kappa shape index (κ2) is 15.5. The highest BCUT2D eigenvalue weighted by Gasteiger charge is 2.33. The van der Waals surface area contributed by atoms with Gasteiger partial charge in [-0.05, 0) is 48.7 Å². The van der Waals surface area contributed by atoms with E-state index in [-0.39, 0.29) is 18.7 Å². The Kier molecular flexibility index (Phi) is 10.7. The van der Waals surface area contributed by atoms with Crippen molar-refractivity contribution in [2.45, 2.75) is 44.5 Å². The molecule has 2 heterocycles. The summed E-state index contributed by atoms with van der Waals surface area (Å²) in [6.07, 6.45) is 3.37. The molecule has 0 aliphatic carbocycles. The molecule has 0 saturated carbocycles. The largest absolute Gasteiger partial charge is 0.361 e. The van der Waals surface area contributed by atoms with Crippen LogP contribution < -0.4 is 10.0 Å². The van der Waals surface area contributed by atoms with E-state index in [9.17, 15) is 22.8 Å². The first kappa shape index (κ1) is 35.8. The molecule has 6 rings (SSSR count). The summed E-state index contributed by atoms with van der Waals surface area (Å²) in [6, 6.07) is 28.2. The van der Waals surface area contributed by atoms with Gasteiger partial charge in [-0.25, -0.2) is 8.42 Å². The molecule has 0 saturated heterocycles. The van der Waals surface area contributed by atoms with Crippen molar-refractivity contribution in [2.75, 3.05) is 7.05 Å². The monoisotopic (exact) mass is 717 g/mol. The fourth-order valence-corrected chi connectivity index (χ4v) is 7.45. The Morgan fingerprint density at radius 2 is 1.52 bits per heavy atom. The molecule has 3 amide bonds. The van der Waals surface area contributed by atoms with Gasteiger partial charge in [0, 0.05) is 54.2 Å². The molecule has 0 bridgehead atoms. The predicted molar refractivity (Wildman–Crippen MR) is 199 cm³/mol. The second-order valence-electron chi connectivity index (χ2n) is 12.9. The molecule has 0 radical (unpaired) electrons. The molecule has 266 valence electrons. The molecule has 0 aliphatic heterocycles. The van der Waals surface area contributed by atoms with Crippen molar-refractivity contribution in [3.8, 4) is 11.3 Å². The third-order valence-electron chi connectivity index (χ3n) is 8.85. The standard InChI is InChI=1S/C40H39N5O6S/c1-26-19-27(2)21-31(20-26)40(48)45(3)36(22-28-13-15-30(16-14-28)37-17-18-42-51-37)39(47)43-35(23-32-24-41-34-12-8-7-11-33(32)34)38(46)44-52(49,50)25-29-9-5-4-6-10-29/h4-21,24,35-36,41H,22-23,25H2,1-3H3,(H,43,47)(H,44,46)/t35-,36+/m0/s1. The van der Waals surface area contributed by atoms with Crippen molar-refractivity contribution in [3.63, 3.8) is 0 Å². The van der Waals surface area contributed by atoms with Gasteiger partial charge >= 0.3 is 0 Å². The zero-order valence-corrected chi connectivity index (χ0v) is 29.8. The summed E-state index contributed by atoms with van der Waals surface area (Å²) in [6.45, 7) is 3.79. The number of amides is 3. The van der Waals surface area contributed by atoms with Gasteiger partial charge in [0.05, 0.1) is 11.9 Å². The van der Waals surface area contributed by atoms with Crippen molar-refractivity contribution in [2.24, 2.45) is 0 Å². The third kappa shape index (κ3) is 8.64. The lowest BCUT2D eigenvalue weighted by Crippen LogP contribution is -2.56. The summed E-state index contributed by atoms with van der Waals surface area (Å²) in [7, 11) is -2.59. The minimum Gasteiger partial charge on any atom is -0.361 e. The first-order valence-electron chi connectivity index (χ1n) is 16.7. The normalized spacial score (nSPS) is 12.6. The van der Waals surface area contributed by atoms with Crippen LogP contribution in [0.3, 0.4) is 0 Å². The van der Waals surface area contributed by atoms with E-state index >= 15 is 0 Å². The van der Waals surface area contributed by atoms with Crippen LogP contribution in [-0.2, 0) is 38.2 Å². The zero-order valence-electron chi connectivity index (χ0n) is 29.0. The number of benzene rings is 4. The fraction of sp³-hybridized carbons (Fsp3) is 0.200. The molecular formula is C40H39N5O6S. The van der Waals surface area contributed by atoms with Gasteiger partial charge in [0.2, 0.25) is 15.9 Å². The zero-order chi connectivity index (χ0) is 36.8. The maximum absolute atomic E-state index is 14.4. The smallest absolute Gasteiger partial charge is 0.256 e. The summed E-state index contributed by atoms with van der Waals surface area (Å²) < 4.78 is 33.8. The lowest BCUT2D eigenvalue weighted by molar-refractivity contribution is -0.130. The highest BCUT2D eigenvalue weighted by atomic mass is 32.2. The molecule has 0 unspecified atom stereocenters. The van der Waals surface area contributed by atoms with Crippen molar-refractivity contribution in [1.82, 2.24) is 25.1 Å². The number of carbonyl (C=O) groups is 3. The first-order valence-corrected chi connectivity index (χ1v) is 18.4. The van der Waals surface area contributed by atoms with Crippen LogP contribution in [0.1, 0.15) is 38.2 Å². The van der Waals surface area contributed by atoms with Crippen LogP contribution in [0.2, 0.25) is 0 Å². The molecule has 3 N–H and O–H groups in total. The average Bonchev–Trinajstić information content (AvgIpc) is 3.81. The SMILES string of the molecule is Cc1cc(C)cc(C(=O)N(C)[C@H](Cc2ccc(-c3ccno3)cc2)C(=O)N[C@@H](Cc2c[nH]c3ccccc23)C(=O)NS(=O)(=O)Cc2ccccc2)c1. The van der Waals surface area contributed by atoms with Crippen LogP contribution in [-0.4, -0.2) is 60.3 Å². The molecule has 12 heteroatoms. The van der Waals surface area contributed by atoms with E-state index in [1.54, 1.807) is 68.0 Å². The van der Waals surface area contributed by atoms with E-state index in [0.29, 0.717) is 22.5 Å². The third-order valence-corrected chi connectivity index (χ3v) is 10.1. The van der Waals surface area contributed by atoms with Crippen LogP contribution in [0.15, 0.2) is 120 Å². The number of hydrogen-bond donors (Lipinski definition) is 3. The van der Waals surface area contributed by atoms with Gasteiger partial charge in [-0.3, -0.25) is 19.1 Å². The van der Waals surface area contributed by atoms with Crippen LogP contribution in [0.25, 0.3) is 22.2 Å². The number of rotatable bonds is 13. The molecule has 0 fully saturated rings. The highest BCUT2D eigenvalue weighted by Crippen LogP contribution is 2.23. The summed E-state index contributed by atoms with van der Waals surface area (Å²) >= 11 is 0. The second-order valence-corrected chi connectivity index (χ2v) is 14.6. The van der Waals surface area contributed by atoms with Gasteiger partial charge in [0.25, 0.3) is 11.8 Å². The van der Waals surface area contributed by atoms with E-state index in [2.05, 4.69) is 20.2 Å². The topological polar surface area (TPSA) is 154 Å². The number of carbonyl (C=O) groups excluding carboxylic acids is 3. The minimum absolute atomic E-state index is 0.0181. The van der Waals surface area contributed by atoms with Gasteiger partial charge in [-0.15, -0.1) is 0 Å². The average molecular weight is 718 g/mol. The molecule has 11 nitrogen and oxygen atoms in total. The lowest BCUT2D eigenvalue weighted by Gasteiger charge is -2.29. The van der Waals surface area contributed by atoms with E-state index in [4.69, 9.17) is 4.52 Å². The minimum atomic E-state index is -4.14. The van der Waals surface area contributed by atoms with Crippen LogP contribution >= 0.6 is 0 Å². The summed E-state index contributed by atoms with van der Waals surface area (Å²) in [5.41, 5.74) is 5.77. The Bertz CT molecular complexity index is 2280. The quantitative estimate of drug-likeness (QED) is 0.143. The maximum atomic E-state index is 14.4. The summed E-state index contributed by atoms with van der Waals surface area (Å²) in [5, 5.41) is 7.41. The van der Waals surface area contributed by atoms with Crippen molar-refractivity contribution in [1.29, 1.82) is 0 Å². The van der Waals surface area contributed by atoms with Gasteiger partial charge in [0.15, 0.2) is 5.76 Å². The Hall–Kier alpha value is -6.01. The molecule has 52 heavy (non-hydrogen) atoms. The number of aromatic amines is 1. The number of nitrogens with zero attached hydrogens (tertiary/aromatic N) is 2. The van der Waals surface area contributed by atoms with E-state index in [1.807, 2.05) is 68.4 Å². The van der Waals surface area contributed by atoms with Gasteiger partial charge in [-0.2, -0.15) is 0 Å². The summed E-state index contributed by atoms with van der Waals surface area (Å²) in [5.74, 6) is -1.75. The molecular weight excluding hydrogens is 679 g/mol. The van der Waals surface area contributed by atoms with Crippen molar-refractivity contribution in [3.05, 3.63) is 149 Å². The predicted octanol–water partition coefficient (Wildman–Crippen LogP) is 5.50. The number of sulfonamides is 1. The molecule has 6 aromatic rings. The number of fused-ring (bicyclic) bond motifs is 1. The maximum Gasteiger partial charge on any atom is 0.256 e. The highest BCUT2D eigenvalue weighted by molar-refractivity contribution is 7.89. The molecule has 0 aliphatic rings. The number of nitrogens with one attached hydrogen (secondary N) is 3. The Morgan fingerprint density at radius 3 is 2.21 bits per heavy atom. The molecule has 2 atom stereocenters. The Balaban J connectivity index is 1.31. The molecule has 2 aromatic heterocycles. The summed E-state index contributed by atoms with van der Waals surface area (Å²) in [4.78, 5) is 46.8. The van der Waals surface area contributed by atoms with Gasteiger partial charge in [-0.1, -0.05) is 95.1 Å². The number of aromatic nitrogens is 2. The van der Waals surface area contributed by atoms with Crippen molar-refractivity contribution >= 4 is 38.6 Å². The van der Waals surface area contributed by atoms with Gasteiger partial charge < -0.3 is 19.7 Å². The van der Waals surface area contributed by atoms with Crippen molar-refractivity contribution < 1.29 is 27.3 Å². The number of aryl methyl sites for hydroxylation is 2. The van der Waals surface area contributed by atoms with E-state index in [1.165, 1.54) is 4.90 Å². The Morgan fingerprint density at radius 1 is 0.827 bits per heavy atom. The molecule has 4 aromatic carbocycles. The number of para-hydroxylation sites is 1. The number of H-pyrrole nitrogens is 1. The van der Waals surface area contributed by atoms with E-state index < -0.39 is 39.7 Å². The molecule has 0 spiro atoms. The van der Waals surface area contributed by atoms with E-state index in [0.717, 1.165) is 33.2 Å². The number of hydrogen-bond acceptors (Lipinski definition) is 7. The van der Waals surface area contributed by atoms with Crippen LogP contribution in [0.4, 0.5) is 0 Å². The Labute approximate surface area is 302 Å². The van der Waals surface area contributed by atoms with Crippen LogP contribution in [0, 0.1) is 13.8 Å². The fourth-order valence-electron chi connectivity index (χ4n) is 6.29. The van der Waals surface area contributed by atoms with Crippen LogP contribution in [0.5, 0.6) is 0 Å².